The molecular weight excluding hydrogens is 398 g/mol. The number of rotatable bonds is 5. The van der Waals surface area contributed by atoms with Crippen molar-refractivity contribution in [1.82, 2.24) is 14.9 Å². The Hall–Kier alpha value is -2.74. The average molecular weight is 416 g/mol. The van der Waals surface area contributed by atoms with Gasteiger partial charge in [-0.25, -0.2) is 9.97 Å². The van der Waals surface area contributed by atoms with Crippen molar-refractivity contribution in [3.05, 3.63) is 59.4 Å². The first-order valence-corrected chi connectivity index (χ1v) is 8.91. The van der Waals surface area contributed by atoms with Gasteiger partial charge in [0.15, 0.2) is 0 Å². The number of benzene rings is 1. The third-order valence-corrected chi connectivity index (χ3v) is 4.42. The largest absolute Gasteiger partial charge is 0.350 e. The zero-order valence-corrected chi connectivity index (χ0v) is 15.6. The van der Waals surface area contributed by atoms with Gasteiger partial charge in [-0.1, -0.05) is 6.58 Å². The van der Waals surface area contributed by atoms with E-state index in [2.05, 4.69) is 43.1 Å². The van der Waals surface area contributed by atoms with Gasteiger partial charge in [-0.05, 0) is 52.7 Å². The molecule has 0 bridgehead atoms. The second-order valence-corrected chi connectivity index (χ2v) is 6.79. The maximum absolute atomic E-state index is 12.6. The van der Waals surface area contributed by atoms with E-state index in [0.717, 1.165) is 10.9 Å². The third-order valence-electron chi connectivity index (χ3n) is 4.01. The van der Waals surface area contributed by atoms with E-state index < -0.39 is 0 Å². The van der Waals surface area contributed by atoms with E-state index in [-0.39, 0.29) is 17.9 Å². The van der Waals surface area contributed by atoms with Gasteiger partial charge in [-0.15, -0.1) is 0 Å². The fourth-order valence-corrected chi connectivity index (χ4v) is 2.91. The molecule has 8 heteroatoms. The van der Waals surface area contributed by atoms with Gasteiger partial charge in [0, 0.05) is 42.8 Å². The highest BCUT2D eigenvalue weighted by atomic mass is 79.9. The molecule has 1 fully saturated rings. The van der Waals surface area contributed by atoms with E-state index in [1.165, 1.54) is 6.08 Å². The summed E-state index contributed by atoms with van der Waals surface area (Å²) in [5.41, 5.74) is 1.21. The lowest BCUT2D eigenvalue weighted by Crippen LogP contribution is -2.31. The van der Waals surface area contributed by atoms with Crippen LogP contribution in [0.4, 0.5) is 11.6 Å². The quantitative estimate of drug-likeness (QED) is 0.732. The Bertz CT molecular complexity index is 807. The summed E-state index contributed by atoms with van der Waals surface area (Å²) in [6.07, 6.45) is 5.39. The van der Waals surface area contributed by atoms with Gasteiger partial charge in [-0.3, -0.25) is 9.59 Å². The average Bonchev–Trinajstić information content (AvgIpc) is 3.12. The van der Waals surface area contributed by atoms with Gasteiger partial charge in [0.2, 0.25) is 11.9 Å². The lowest BCUT2D eigenvalue weighted by atomic mass is 10.2. The van der Waals surface area contributed by atoms with E-state index in [1.54, 1.807) is 41.6 Å². The SMILES string of the molecule is C=CC(=O)Nc1ccc(C(=O)N2CCC(Nc3ncc(Br)cn3)C2)cc1. The Morgan fingerprint density at radius 3 is 2.58 bits per heavy atom. The molecule has 3 rings (SSSR count). The van der Waals surface area contributed by atoms with Gasteiger partial charge >= 0.3 is 0 Å². The molecule has 0 spiro atoms. The number of hydrogen-bond acceptors (Lipinski definition) is 5. The van der Waals surface area contributed by atoms with Crippen molar-refractivity contribution in [3.8, 4) is 0 Å². The van der Waals surface area contributed by atoms with Gasteiger partial charge < -0.3 is 15.5 Å². The smallest absolute Gasteiger partial charge is 0.253 e. The maximum atomic E-state index is 12.6. The molecule has 1 aliphatic rings. The van der Waals surface area contributed by atoms with Crippen molar-refractivity contribution in [2.75, 3.05) is 23.7 Å². The van der Waals surface area contributed by atoms with Gasteiger partial charge in [0.1, 0.15) is 0 Å². The molecule has 1 atom stereocenters. The molecule has 1 aliphatic heterocycles. The molecule has 26 heavy (non-hydrogen) atoms. The van der Waals surface area contributed by atoms with Crippen molar-refractivity contribution in [2.45, 2.75) is 12.5 Å². The molecule has 0 saturated carbocycles. The van der Waals surface area contributed by atoms with E-state index in [1.807, 2.05) is 0 Å². The number of halogens is 1. The van der Waals surface area contributed by atoms with E-state index in [0.29, 0.717) is 30.3 Å². The minimum Gasteiger partial charge on any atom is -0.350 e. The summed E-state index contributed by atoms with van der Waals surface area (Å²) in [4.78, 5) is 34.1. The molecule has 1 aromatic carbocycles. The van der Waals surface area contributed by atoms with Crippen molar-refractivity contribution in [3.63, 3.8) is 0 Å². The Morgan fingerprint density at radius 2 is 1.92 bits per heavy atom. The predicted octanol–water partition coefficient (Wildman–Crippen LogP) is 2.69. The normalized spacial score (nSPS) is 16.2. The first-order chi connectivity index (χ1) is 12.5. The molecular formula is C18H18BrN5O2. The Labute approximate surface area is 159 Å². The van der Waals surface area contributed by atoms with Crippen LogP contribution in [0.25, 0.3) is 0 Å². The first-order valence-electron chi connectivity index (χ1n) is 8.12. The highest BCUT2D eigenvalue weighted by Crippen LogP contribution is 2.18. The fourth-order valence-electron chi connectivity index (χ4n) is 2.70. The van der Waals surface area contributed by atoms with Crippen LogP contribution in [0.15, 0.2) is 53.8 Å². The summed E-state index contributed by atoms with van der Waals surface area (Å²) in [7, 11) is 0. The summed E-state index contributed by atoms with van der Waals surface area (Å²) in [5, 5.41) is 5.90. The van der Waals surface area contributed by atoms with Crippen molar-refractivity contribution in [1.29, 1.82) is 0 Å². The highest BCUT2D eigenvalue weighted by Gasteiger charge is 2.27. The van der Waals surface area contributed by atoms with Crippen LogP contribution in [0, 0.1) is 0 Å². The van der Waals surface area contributed by atoms with Crippen LogP contribution < -0.4 is 10.6 Å². The number of nitrogens with zero attached hydrogens (tertiary/aromatic N) is 3. The minimum absolute atomic E-state index is 0.0346. The monoisotopic (exact) mass is 415 g/mol. The highest BCUT2D eigenvalue weighted by molar-refractivity contribution is 9.10. The van der Waals surface area contributed by atoms with Crippen molar-refractivity contribution >= 4 is 39.4 Å². The number of amides is 2. The van der Waals surface area contributed by atoms with Crippen LogP contribution in [0.5, 0.6) is 0 Å². The summed E-state index contributed by atoms with van der Waals surface area (Å²) < 4.78 is 0.819. The van der Waals surface area contributed by atoms with Crippen LogP contribution in [0.2, 0.25) is 0 Å². The molecule has 1 saturated heterocycles. The fraction of sp³-hybridized carbons (Fsp3) is 0.222. The van der Waals surface area contributed by atoms with Crippen LogP contribution in [0.1, 0.15) is 16.8 Å². The van der Waals surface area contributed by atoms with E-state index >= 15 is 0 Å². The second-order valence-electron chi connectivity index (χ2n) is 5.88. The zero-order chi connectivity index (χ0) is 18.5. The molecule has 0 radical (unpaired) electrons. The summed E-state index contributed by atoms with van der Waals surface area (Å²) in [6.45, 7) is 4.67. The van der Waals surface area contributed by atoms with Crippen LogP contribution in [-0.2, 0) is 4.79 Å². The van der Waals surface area contributed by atoms with Crippen LogP contribution >= 0.6 is 15.9 Å². The second kappa shape index (κ2) is 8.09. The molecule has 1 aromatic heterocycles. The number of carbonyl (C=O) groups excluding carboxylic acids is 2. The minimum atomic E-state index is -0.285. The Morgan fingerprint density at radius 1 is 1.23 bits per heavy atom. The Kier molecular flexibility index (Phi) is 5.62. The van der Waals surface area contributed by atoms with Crippen molar-refractivity contribution < 1.29 is 9.59 Å². The summed E-state index contributed by atoms with van der Waals surface area (Å²) in [5.74, 6) is 0.232. The maximum Gasteiger partial charge on any atom is 0.253 e. The number of likely N-dealkylation sites (tertiary alicyclic amines) is 1. The number of carbonyl (C=O) groups is 2. The number of nitrogens with one attached hydrogen (secondary N) is 2. The molecule has 2 aromatic rings. The molecule has 2 amide bonds. The molecule has 2 heterocycles. The van der Waals surface area contributed by atoms with Gasteiger partial charge in [0.25, 0.3) is 5.91 Å². The number of hydrogen-bond donors (Lipinski definition) is 2. The topological polar surface area (TPSA) is 87.2 Å². The van der Waals surface area contributed by atoms with E-state index in [9.17, 15) is 9.59 Å². The predicted molar refractivity (Wildman–Crippen MR) is 103 cm³/mol. The zero-order valence-electron chi connectivity index (χ0n) is 14.0. The van der Waals surface area contributed by atoms with Gasteiger partial charge in [-0.2, -0.15) is 0 Å². The third kappa shape index (κ3) is 4.45. The molecule has 0 aliphatic carbocycles. The summed E-state index contributed by atoms with van der Waals surface area (Å²) in [6, 6.07) is 6.94. The van der Waals surface area contributed by atoms with Gasteiger partial charge in [0.05, 0.1) is 4.47 Å². The Balaban J connectivity index is 1.57. The first kappa shape index (κ1) is 18.1. The molecule has 7 nitrogen and oxygen atoms in total. The van der Waals surface area contributed by atoms with Crippen LogP contribution in [-0.4, -0.2) is 45.8 Å². The lowest BCUT2D eigenvalue weighted by molar-refractivity contribution is -0.111. The summed E-state index contributed by atoms with van der Waals surface area (Å²) >= 11 is 3.30. The molecule has 2 N–H and O–H groups in total. The van der Waals surface area contributed by atoms with Crippen molar-refractivity contribution in [2.24, 2.45) is 0 Å². The molecule has 1 unspecified atom stereocenters. The van der Waals surface area contributed by atoms with E-state index in [4.69, 9.17) is 0 Å². The number of aromatic nitrogens is 2. The molecule has 134 valence electrons. The van der Waals surface area contributed by atoms with Crippen LogP contribution in [0.3, 0.4) is 0 Å². The standard InChI is InChI=1S/C18H18BrN5O2/c1-2-16(25)22-14-5-3-12(4-6-14)17(26)24-8-7-15(11-24)23-18-20-9-13(19)10-21-18/h2-6,9-10,15H,1,7-8,11H2,(H,22,25)(H,20,21,23). The lowest BCUT2D eigenvalue weighted by Gasteiger charge is -2.17. The number of anilines is 2.